The lowest BCUT2D eigenvalue weighted by molar-refractivity contribution is 0.0635. The molecule has 0 saturated heterocycles. The molecular weight excluding hydrogens is 306 g/mol. The average Bonchev–Trinajstić information content (AvgIpc) is 2.38. The van der Waals surface area contributed by atoms with Gasteiger partial charge in [-0.2, -0.15) is 0 Å². The van der Waals surface area contributed by atoms with Crippen LogP contribution in [0.5, 0.6) is 5.75 Å². The van der Waals surface area contributed by atoms with E-state index in [0.29, 0.717) is 35.9 Å². The molecule has 0 aliphatic carbocycles. The molecule has 0 unspecified atom stereocenters. The Balaban J connectivity index is 2.64. The Hall–Kier alpha value is -1.46. The van der Waals surface area contributed by atoms with Crippen molar-refractivity contribution in [2.75, 3.05) is 18.5 Å². The lowest BCUT2D eigenvalue weighted by Crippen LogP contribution is -2.27. The fourth-order valence-corrected chi connectivity index (χ4v) is 1.80. The number of carbonyl (C=O) groups is 1. The smallest absolute Gasteiger partial charge is 0.412 e. The Morgan fingerprint density at radius 1 is 1.36 bits per heavy atom. The van der Waals surface area contributed by atoms with Crippen molar-refractivity contribution >= 4 is 23.4 Å². The van der Waals surface area contributed by atoms with Gasteiger partial charge in [-0.1, -0.05) is 11.6 Å². The first-order valence-corrected chi connectivity index (χ1v) is 7.54. The van der Waals surface area contributed by atoms with Crippen LogP contribution in [0.1, 0.15) is 33.6 Å². The molecule has 0 aliphatic rings. The number of aliphatic hydroxyl groups excluding tert-OH is 1. The van der Waals surface area contributed by atoms with Crippen molar-refractivity contribution < 1.29 is 19.4 Å². The van der Waals surface area contributed by atoms with Gasteiger partial charge in [-0.3, -0.25) is 5.32 Å². The summed E-state index contributed by atoms with van der Waals surface area (Å²) in [6, 6.07) is 4.99. The molecule has 1 amide bonds. The van der Waals surface area contributed by atoms with Gasteiger partial charge in [0, 0.05) is 11.6 Å². The summed E-state index contributed by atoms with van der Waals surface area (Å²) in [4.78, 5) is 11.8. The van der Waals surface area contributed by atoms with E-state index >= 15 is 0 Å². The quantitative estimate of drug-likeness (QED) is 0.741. The van der Waals surface area contributed by atoms with Crippen molar-refractivity contribution in [2.24, 2.45) is 0 Å². The number of anilines is 1. The highest BCUT2D eigenvalue weighted by molar-refractivity contribution is 6.31. The minimum Gasteiger partial charge on any atom is -0.491 e. The second-order valence-electron chi connectivity index (χ2n) is 5.71. The van der Waals surface area contributed by atoms with Gasteiger partial charge in [-0.25, -0.2) is 4.79 Å². The van der Waals surface area contributed by atoms with Crippen LogP contribution in [0, 0.1) is 6.42 Å². The largest absolute Gasteiger partial charge is 0.491 e. The minimum atomic E-state index is -0.580. The molecule has 1 aromatic carbocycles. The predicted molar refractivity (Wildman–Crippen MR) is 87.4 cm³/mol. The third-order valence-electron chi connectivity index (χ3n) is 2.49. The van der Waals surface area contributed by atoms with Gasteiger partial charge in [-0.15, -0.1) is 0 Å². The van der Waals surface area contributed by atoms with Crippen LogP contribution in [0.4, 0.5) is 10.5 Å². The number of rotatable bonds is 7. The van der Waals surface area contributed by atoms with Gasteiger partial charge in [0.25, 0.3) is 0 Å². The second kappa shape index (κ2) is 8.86. The van der Waals surface area contributed by atoms with Crippen molar-refractivity contribution in [1.82, 2.24) is 0 Å². The first-order valence-electron chi connectivity index (χ1n) is 7.16. The highest BCUT2D eigenvalue weighted by atomic mass is 35.5. The summed E-state index contributed by atoms with van der Waals surface area (Å²) in [5, 5.41) is 11.8. The third-order valence-corrected chi connectivity index (χ3v) is 2.73. The van der Waals surface area contributed by atoms with Gasteiger partial charge in [0.05, 0.1) is 12.3 Å². The average molecular weight is 329 g/mol. The maximum absolute atomic E-state index is 11.8. The zero-order valence-electron chi connectivity index (χ0n) is 13.2. The van der Waals surface area contributed by atoms with Crippen LogP contribution in [-0.4, -0.2) is 30.0 Å². The molecular formula is C16H23ClNO4. The van der Waals surface area contributed by atoms with Crippen molar-refractivity contribution in [2.45, 2.75) is 39.2 Å². The number of nitrogens with one attached hydrogen (secondary N) is 1. The first kappa shape index (κ1) is 18.6. The third kappa shape index (κ3) is 7.52. The van der Waals surface area contributed by atoms with Crippen LogP contribution >= 0.6 is 11.6 Å². The van der Waals surface area contributed by atoms with Crippen LogP contribution in [0.25, 0.3) is 0 Å². The van der Waals surface area contributed by atoms with Crippen molar-refractivity contribution in [1.29, 1.82) is 0 Å². The van der Waals surface area contributed by atoms with Crippen molar-refractivity contribution in [3.05, 3.63) is 29.6 Å². The van der Waals surface area contributed by atoms with Gasteiger partial charge in [-0.05, 0) is 58.2 Å². The SMILES string of the molecule is CC(C)(C)OC(=O)Nc1cc(Cl)ccc1OCC[CH]CCO. The highest BCUT2D eigenvalue weighted by Gasteiger charge is 2.17. The van der Waals surface area contributed by atoms with E-state index in [4.69, 9.17) is 26.2 Å². The number of hydrogen-bond donors (Lipinski definition) is 2. The predicted octanol–water partition coefficient (Wildman–Crippen LogP) is 4.04. The number of ether oxygens (including phenoxy) is 2. The van der Waals surface area contributed by atoms with Crippen LogP contribution in [0.2, 0.25) is 5.02 Å². The monoisotopic (exact) mass is 328 g/mol. The number of amides is 1. The molecule has 0 bridgehead atoms. The normalized spacial score (nSPS) is 11.1. The van der Waals surface area contributed by atoms with Gasteiger partial charge in [0.2, 0.25) is 0 Å². The lowest BCUT2D eigenvalue weighted by atomic mass is 10.2. The summed E-state index contributed by atoms with van der Waals surface area (Å²) < 4.78 is 10.8. The Bertz CT molecular complexity index is 486. The van der Waals surface area contributed by atoms with E-state index in [1.54, 1.807) is 39.0 Å². The number of halogens is 1. The summed E-state index contributed by atoms with van der Waals surface area (Å²) in [5.74, 6) is 0.521. The lowest BCUT2D eigenvalue weighted by Gasteiger charge is -2.20. The zero-order valence-corrected chi connectivity index (χ0v) is 13.9. The molecule has 1 rings (SSSR count). The Kier molecular flexibility index (Phi) is 7.48. The van der Waals surface area contributed by atoms with Crippen LogP contribution in [-0.2, 0) is 4.74 Å². The Labute approximate surface area is 136 Å². The summed E-state index contributed by atoms with van der Waals surface area (Å²) in [7, 11) is 0. The van der Waals surface area contributed by atoms with E-state index in [-0.39, 0.29) is 6.61 Å². The molecule has 22 heavy (non-hydrogen) atoms. The first-order chi connectivity index (χ1) is 10.3. The van der Waals surface area contributed by atoms with Crippen LogP contribution in [0.15, 0.2) is 18.2 Å². The molecule has 0 heterocycles. The molecule has 0 fully saturated rings. The molecule has 0 aliphatic heterocycles. The molecule has 2 N–H and O–H groups in total. The molecule has 5 nitrogen and oxygen atoms in total. The summed E-state index contributed by atoms with van der Waals surface area (Å²) in [5.41, 5.74) is -0.118. The number of carbonyl (C=O) groups excluding carboxylic acids is 1. The number of aliphatic hydroxyl groups is 1. The maximum Gasteiger partial charge on any atom is 0.412 e. The molecule has 1 radical (unpaired) electrons. The number of benzene rings is 1. The van der Waals surface area contributed by atoms with E-state index in [2.05, 4.69) is 5.32 Å². The fraction of sp³-hybridized carbons (Fsp3) is 0.500. The second-order valence-corrected chi connectivity index (χ2v) is 6.14. The van der Waals surface area contributed by atoms with E-state index in [1.165, 1.54) is 0 Å². The minimum absolute atomic E-state index is 0.131. The van der Waals surface area contributed by atoms with Crippen molar-refractivity contribution in [3.63, 3.8) is 0 Å². The molecule has 0 aromatic heterocycles. The van der Waals surface area contributed by atoms with E-state index in [0.717, 1.165) is 0 Å². The molecule has 6 heteroatoms. The molecule has 0 atom stereocenters. The molecule has 123 valence electrons. The number of hydrogen-bond acceptors (Lipinski definition) is 4. The molecule has 1 aromatic rings. The summed E-state index contributed by atoms with van der Waals surface area (Å²) in [6.07, 6.45) is 2.71. The zero-order chi connectivity index (χ0) is 16.6. The van der Waals surface area contributed by atoms with E-state index < -0.39 is 11.7 Å². The summed E-state index contributed by atoms with van der Waals surface area (Å²) in [6.45, 7) is 5.95. The van der Waals surface area contributed by atoms with Gasteiger partial charge in [0.15, 0.2) is 0 Å². The molecule has 0 saturated carbocycles. The van der Waals surface area contributed by atoms with Crippen LogP contribution in [0.3, 0.4) is 0 Å². The van der Waals surface area contributed by atoms with E-state index in [1.807, 2.05) is 6.42 Å². The van der Waals surface area contributed by atoms with Gasteiger partial charge >= 0.3 is 6.09 Å². The Morgan fingerprint density at radius 2 is 2.09 bits per heavy atom. The van der Waals surface area contributed by atoms with Crippen LogP contribution < -0.4 is 10.1 Å². The van der Waals surface area contributed by atoms with E-state index in [9.17, 15) is 4.79 Å². The molecule has 0 spiro atoms. The standard InChI is InChI=1S/C16H23ClNO4/c1-16(2,3)22-15(20)18-13-11-12(17)7-8-14(13)21-10-6-4-5-9-19/h4,7-8,11,19H,5-6,9-10H2,1-3H3,(H,18,20). The topological polar surface area (TPSA) is 67.8 Å². The Morgan fingerprint density at radius 3 is 2.73 bits per heavy atom. The fourth-order valence-electron chi connectivity index (χ4n) is 1.63. The van der Waals surface area contributed by atoms with Crippen molar-refractivity contribution in [3.8, 4) is 5.75 Å². The number of unbranched alkanes of at least 4 members (excludes halogenated alkanes) is 2. The van der Waals surface area contributed by atoms with Gasteiger partial charge in [0.1, 0.15) is 11.4 Å². The summed E-state index contributed by atoms with van der Waals surface area (Å²) >= 11 is 5.95. The maximum atomic E-state index is 11.8. The highest BCUT2D eigenvalue weighted by Crippen LogP contribution is 2.28. The van der Waals surface area contributed by atoms with Gasteiger partial charge < -0.3 is 14.6 Å².